The Bertz CT molecular complexity index is 480. The molecule has 1 unspecified atom stereocenters. The van der Waals surface area contributed by atoms with Crippen molar-refractivity contribution < 1.29 is 9.53 Å². The first-order valence-electron chi connectivity index (χ1n) is 5.95. The predicted octanol–water partition coefficient (Wildman–Crippen LogP) is 2.38. The Kier molecular flexibility index (Phi) is 6.24. The summed E-state index contributed by atoms with van der Waals surface area (Å²) in [5.74, 6) is 0.348. The average molecular weight is 345 g/mol. The smallest absolute Gasteiger partial charge is 0.258 e. The zero-order valence-electron chi connectivity index (χ0n) is 10.9. The number of nitrogens with two attached hydrogens (primary N) is 1. The standard InChI is InChI=1S/C13H17BrN2O2S/c1-3-8(2)16-12(17)7-18-11-5-4-9(14)6-10(11)13(15)19/h4-6,8H,3,7H2,1-2H3,(H2,15,19)(H,16,17). The molecule has 6 heteroatoms. The molecule has 0 aliphatic rings. The van der Waals surface area contributed by atoms with Crippen LogP contribution in [0.2, 0.25) is 0 Å². The Morgan fingerprint density at radius 2 is 2.26 bits per heavy atom. The number of nitrogens with one attached hydrogen (secondary N) is 1. The highest BCUT2D eigenvalue weighted by atomic mass is 79.9. The molecule has 1 amide bonds. The average Bonchev–Trinajstić information content (AvgIpc) is 2.36. The van der Waals surface area contributed by atoms with Crippen LogP contribution in [-0.2, 0) is 4.79 Å². The van der Waals surface area contributed by atoms with E-state index in [2.05, 4.69) is 21.2 Å². The molecule has 0 saturated carbocycles. The van der Waals surface area contributed by atoms with Gasteiger partial charge in [-0.15, -0.1) is 0 Å². The second-order valence-corrected chi connectivity index (χ2v) is 5.53. The highest BCUT2D eigenvalue weighted by Crippen LogP contribution is 2.23. The zero-order valence-corrected chi connectivity index (χ0v) is 13.3. The third-order valence-electron chi connectivity index (χ3n) is 2.59. The van der Waals surface area contributed by atoms with Crippen molar-refractivity contribution in [3.05, 3.63) is 28.2 Å². The normalized spacial score (nSPS) is 11.7. The second kappa shape index (κ2) is 7.45. The number of hydrogen-bond acceptors (Lipinski definition) is 3. The number of amides is 1. The summed E-state index contributed by atoms with van der Waals surface area (Å²) in [6, 6.07) is 5.44. The SMILES string of the molecule is CCC(C)NC(=O)COc1ccc(Br)cc1C(N)=S. The predicted molar refractivity (Wildman–Crippen MR) is 83.4 cm³/mol. The van der Waals surface area contributed by atoms with Gasteiger partial charge in [-0.05, 0) is 31.5 Å². The van der Waals surface area contributed by atoms with Gasteiger partial charge in [0.15, 0.2) is 6.61 Å². The van der Waals surface area contributed by atoms with Gasteiger partial charge in [0.2, 0.25) is 0 Å². The molecule has 3 N–H and O–H groups in total. The van der Waals surface area contributed by atoms with Gasteiger partial charge in [-0.25, -0.2) is 0 Å². The van der Waals surface area contributed by atoms with Crippen LogP contribution in [0, 0.1) is 0 Å². The molecule has 0 aromatic heterocycles. The van der Waals surface area contributed by atoms with Crippen molar-refractivity contribution in [2.45, 2.75) is 26.3 Å². The van der Waals surface area contributed by atoms with Gasteiger partial charge in [-0.2, -0.15) is 0 Å². The third-order valence-corrected chi connectivity index (χ3v) is 3.30. The number of rotatable bonds is 6. The van der Waals surface area contributed by atoms with E-state index in [4.69, 9.17) is 22.7 Å². The van der Waals surface area contributed by atoms with Crippen LogP contribution < -0.4 is 15.8 Å². The summed E-state index contributed by atoms with van der Waals surface area (Å²) in [4.78, 5) is 11.9. The van der Waals surface area contributed by atoms with Crippen LogP contribution in [0.15, 0.2) is 22.7 Å². The Morgan fingerprint density at radius 1 is 1.58 bits per heavy atom. The molecule has 0 aliphatic carbocycles. The lowest BCUT2D eigenvalue weighted by Crippen LogP contribution is -2.35. The van der Waals surface area contributed by atoms with E-state index in [0.717, 1.165) is 10.9 Å². The molecule has 19 heavy (non-hydrogen) atoms. The first-order chi connectivity index (χ1) is 8.93. The van der Waals surface area contributed by atoms with Crippen LogP contribution in [0.1, 0.15) is 25.8 Å². The molecule has 1 aromatic carbocycles. The summed E-state index contributed by atoms with van der Waals surface area (Å²) in [5, 5.41) is 2.82. The monoisotopic (exact) mass is 344 g/mol. The highest BCUT2D eigenvalue weighted by molar-refractivity contribution is 9.10. The van der Waals surface area contributed by atoms with Crippen molar-refractivity contribution in [1.82, 2.24) is 5.32 Å². The first-order valence-corrected chi connectivity index (χ1v) is 7.15. The van der Waals surface area contributed by atoms with E-state index in [1.165, 1.54) is 0 Å². The maximum atomic E-state index is 11.6. The van der Waals surface area contributed by atoms with Crippen molar-refractivity contribution in [3.8, 4) is 5.75 Å². The molecule has 0 aliphatic heterocycles. The topological polar surface area (TPSA) is 64.3 Å². The van der Waals surface area contributed by atoms with E-state index in [1.54, 1.807) is 12.1 Å². The van der Waals surface area contributed by atoms with E-state index in [0.29, 0.717) is 11.3 Å². The number of halogens is 1. The lowest BCUT2D eigenvalue weighted by molar-refractivity contribution is -0.123. The van der Waals surface area contributed by atoms with Crippen LogP contribution in [-0.4, -0.2) is 23.5 Å². The molecule has 0 saturated heterocycles. The summed E-state index contributed by atoms with van der Waals surface area (Å²) in [6.07, 6.45) is 0.877. The minimum atomic E-state index is -0.161. The Morgan fingerprint density at radius 3 is 2.84 bits per heavy atom. The minimum Gasteiger partial charge on any atom is -0.483 e. The number of thiocarbonyl (C=S) groups is 1. The maximum Gasteiger partial charge on any atom is 0.258 e. The van der Waals surface area contributed by atoms with Gasteiger partial charge in [-0.1, -0.05) is 35.1 Å². The quantitative estimate of drug-likeness (QED) is 0.777. The fourth-order valence-electron chi connectivity index (χ4n) is 1.38. The second-order valence-electron chi connectivity index (χ2n) is 4.17. The van der Waals surface area contributed by atoms with Gasteiger partial charge >= 0.3 is 0 Å². The molecule has 0 bridgehead atoms. The molecule has 1 aromatic rings. The zero-order chi connectivity index (χ0) is 14.4. The van der Waals surface area contributed by atoms with Crippen molar-refractivity contribution in [2.24, 2.45) is 5.73 Å². The third kappa shape index (κ3) is 5.16. The van der Waals surface area contributed by atoms with Crippen LogP contribution in [0.3, 0.4) is 0 Å². The van der Waals surface area contributed by atoms with E-state index in [1.807, 2.05) is 19.9 Å². The van der Waals surface area contributed by atoms with Gasteiger partial charge in [0.05, 0.1) is 5.56 Å². The molecule has 104 valence electrons. The van der Waals surface area contributed by atoms with E-state index in [-0.39, 0.29) is 23.5 Å². The molecule has 1 rings (SSSR count). The Hall–Kier alpha value is -1.14. The fourth-order valence-corrected chi connectivity index (χ4v) is 1.90. The number of benzene rings is 1. The van der Waals surface area contributed by atoms with Gasteiger partial charge < -0.3 is 15.8 Å². The van der Waals surface area contributed by atoms with Crippen molar-refractivity contribution in [2.75, 3.05) is 6.61 Å². The summed E-state index contributed by atoms with van der Waals surface area (Å²) < 4.78 is 6.31. The fraction of sp³-hybridized carbons (Fsp3) is 0.385. The molecule has 0 fully saturated rings. The van der Waals surface area contributed by atoms with Gasteiger partial charge in [0.25, 0.3) is 5.91 Å². The van der Waals surface area contributed by atoms with Gasteiger partial charge in [-0.3, -0.25) is 4.79 Å². The number of carbonyl (C=O) groups excluding carboxylic acids is 1. The molecule has 0 radical (unpaired) electrons. The summed E-state index contributed by atoms with van der Waals surface area (Å²) in [5.41, 5.74) is 6.23. The lowest BCUT2D eigenvalue weighted by Gasteiger charge is -2.13. The van der Waals surface area contributed by atoms with Crippen molar-refractivity contribution >= 4 is 39.0 Å². The summed E-state index contributed by atoms with van der Waals surface area (Å²) in [6.45, 7) is 3.89. The first kappa shape index (κ1) is 15.9. The lowest BCUT2D eigenvalue weighted by atomic mass is 10.2. The van der Waals surface area contributed by atoms with Crippen molar-refractivity contribution in [3.63, 3.8) is 0 Å². The Balaban J connectivity index is 2.67. The van der Waals surface area contributed by atoms with Crippen LogP contribution in [0.4, 0.5) is 0 Å². The van der Waals surface area contributed by atoms with E-state index in [9.17, 15) is 4.79 Å². The summed E-state index contributed by atoms with van der Waals surface area (Å²) >= 11 is 8.29. The number of carbonyl (C=O) groups is 1. The molecular formula is C13H17BrN2O2S. The molecule has 4 nitrogen and oxygen atoms in total. The van der Waals surface area contributed by atoms with E-state index >= 15 is 0 Å². The van der Waals surface area contributed by atoms with E-state index < -0.39 is 0 Å². The number of ether oxygens (including phenoxy) is 1. The van der Waals surface area contributed by atoms with Crippen LogP contribution >= 0.6 is 28.1 Å². The van der Waals surface area contributed by atoms with Crippen LogP contribution in [0.5, 0.6) is 5.75 Å². The molecule has 0 spiro atoms. The maximum absolute atomic E-state index is 11.6. The van der Waals surface area contributed by atoms with Crippen LogP contribution in [0.25, 0.3) is 0 Å². The Labute approximate surface area is 126 Å². The molecule has 0 heterocycles. The molecule has 1 atom stereocenters. The summed E-state index contributed by atoms with van der Waals surface area (Å²) in [7, 11) is 0. The number of hydrogen-bond donors (Lipinski definition) is 2. The minimum absolute atomic E-state index is 0.0540. The largest absolute Gasteiger partial charge is 0.483 e. The van der Waals surface area contributed by atoms with Gasteiger partial charge in [0, 0.05) is 10.5 Å². The van der Waals surface area contributed by atoms with Crippen molar-refractivity contribution in [1.29, 1.82) is 0 Å². The van der Waals surface area contributed by atoms with Gasteiger partial charge in [0.1, 0.15) is 10.7 Å². The highest BCUT2D eigenvalue weighted by Gasteiger charge is 2.10. The molecular weight excluding hydrogens is 328 g/mol.